The number of carbonyl (C=O) groups is 1. The summed E-state index contributed by atoms with van der Waals surface area (Å²) < 4.78 is 0. The topological polar surface area (TPSA) is 32.3 Å². The number of nitrogens with one attached hydrogen (secondary N) is 1. The molecular weight excluding hydrogens is 256 g/mol. The summed E-state index contributed by atoms with van der Waals surface area (Å²) in [5.41, 5.74) is 0. The third kappa shape index (κ3) is 3.69. The molecule has 1 aromatic rings. The Kier molecular flexibility index (Phi) is 4.42. The van der Waals surface area contributed by atoms with Crippen molar-refractivity contribution in [3.63, 3.8) is 0 Å². The molecule has 2 heterocycles. The molecule has 2 rings (SSSR count). The average molecular weight is 273 g/mol. The lowest BCUT2D eigenvalue weighted by Crippen LogP contribution is -2.39. The van der Waals surface area contributed by atoms with Crippen molar-refractivity contribution in [2.75, 3.05) is 13.1 Å². The molecule has 3 nitrogen and oxygen atoms in total. The molecule has 1 aliphatic heterocycles. The summed E-state index contributed by atoms with van der Waals surface area (Å²) in [6.45, 7) is 4.65. The molecule has 0 aromatic carbocycles. The lowest BCUT2D eigenvalue weighted by atomic mass is 10.3. The first-order chi connectivity index (χ1) is 8.15. The summed E-state index contributed by atoms with van der Waals surface area (Å²) in [5.74, 6) is 0.290. The molecule has 0 bridgehead atoms. The molecule has 94 valence electrons. The number of rotatable bonds is 5. The Hall–Kier alpha value is -0.580. The van der Waals surface area contributed by atoms with Crippen molar-refractivity contribution in [2.24, 2.45) is 0 Å². The van der Waals surface area contributed by atoms with Gasteiger partial charge in [0.1, 0.15) is 0 Å². The van der Waals surface area contributed by atoms with E-state index in [1.165, 1.54) is 4.88 Å². The van der Waals surface area contributed by atoms with Crippen LogP contribution in [0.15, 0.2) is 11.4 Å². The van der Waals surface area contributed by atoms with Gasteiger partial charge in [0.15, 0.2) is 0 Å². The zero-order valence-corrected chi connectivity index (χ0v) is 11.5. The molecule has 1 amide bonds. The summed E-state index contributed by atoms with van der Waals surface area (Å²) >= 11 is 7.52. The quantitative estimate of drug-likeness (QED) is 0.893. The van der Waals surface area contributed by atoms with Crippen molar-refractivity contribution in [3.05, 3.63) is 21.3 Å². The minimum absolute atomic E-state index is 0.290. The van der Waals surface area contributed by atoms with Crippen LogP contribution in [0.1, 0.15) is 24.6 Å². The van der Waals surface area contributed by atoms with Crippen LogP contribution in [0.25, 0.3) is 0 Å². The number of thiophene rings is 1. The fraction of sp³-hybridized carbons (Fsp3) is 0.583. The van der Waals surface area contributed by atoms with Gasteiger partial charge in [-0.25, -0.2) is 0 Å². The van der Waals surface area contributed by atoms with Gasteiger partial charge in [0.2, 0.25) is 5.91 Å². The van der Waals surface area contributed by atoms with Gasteiger partial charge in [-0.3, -0.25) is 4.79 Å². The molecule has 1 unspecified atom stereocenters. The zero-order chi connectivity index (χ0) is 12.3. The Morgan fingerprint density at radius 2 is 2.47 bits per heavy atom. The maximum Gasteiger partial charge on any atom is 0.222 e. The van der Waals surface area contributed by atoms with E-state index in [1.807, 2.05) is 16.3 Å². The van der Waals surface area contributed by atoms with Crippen LogP contribution in [0.3, 0.4) is 0 Å². The van der Waals surface area contributed by atoms with E-state index in [-0.39, 0.29) is 5.91 Å². The van der Waals surface area contributed by atoms with Crippen molar-refractivity contribution in [1.29, 1.82) is 0 Å². The highest BCUT2D eigenvalue weighted by Crippen LogP contribution is 2.19. The molecule has 1 aromatic heterocycles. The van der Waals surface area contributed by atoms with Crippen LogP contribution in [-0.2, 0) is 11.3 Å². The number of hydrogen-bond donors (Lipinski definition) is 1. The summed E-state index contributed by atoms with van der Waals surface area (Å²) in [6.07, 6.45) is 1.72. The van der Waals surface area contributed by atoms with Gasteiger partial charge in [-0.1, -0.05) is 11.6 Å². The van der Waals surface area contributed by atoms with E-state index in [2.05, 4.69) is 12.2 Å². The second kappa shape index (κ2) is 5.85. The molecule has 0 spiro atoms. The molecule has 1 N–H and O–H groups in total. The fourth-order valence-corrected chi connectivity index (χ4v) is 3.04. The number of carbonyl (C=O) groups excluding carboxylic acids is 1. The van der Waals surface area contributed by atoms with Crippen LogP contribution >= 0.6 is 22.9 Å². The summed E-state index contributed by atoms with van der Waals surface area (Å²) in [6, 6.07) is 2.30. The normalized spacial score (nSPS) is 17.8. The van der Waals surface area contributed by atoms with Crippen molar-refractivity contribution in [1.82, 2.24) is 10.2 Å². The fourth-order valence-electron chi connectivity index (χ4n) is 2.01. The van der Waals surface area contributed by atoms with Gasteiger partial charge in [-0.2, -0.15) is 0 Å². The Bertz CT molecular complexity index is 394. The van der Waals surface area contributed by atoms with Gasteiger partial charge in [-0.15, -0.1) is 11.3 Å². The highest BCUT2D eigenvalue weighted by molar-refractivity contribution is 7.10. The lowest BCUT2D eigenvalue weighted by molar-refractivity contribution is -0.127. The molecule has 0 aliphatic carbocycles. The molecule has 1 atom stereocenters. The summed E-state index contributed by atoms with van der Waals surface area (Å²) in [5, 5.41) is 6.16. The van der Waals surface area contributed by atoms with E-state index in [9.17, 15) is 4.79 Å². The van der Waals surface area contributed by atoms with Gasteiger partial charge in [0, 0.05) is 42.4 Å². The lowest BCUT2D eigenvalue weighted by Gasteiger charge is -2.21. The van der Waals surface area contributed by atoms with Gasteiger partial charge < -0.3 is 10.2 Å². The number of likely N-dealkylation sites (tertiary alicyclic amines) is 1. The van der Waals surface area contributed by atoms with E-state index in [0.29, 0.717) is 12.5 Å². The highest BCUT2D eigenvalue weighted by Gasteiger charge is 2.21. The first kappa shape index (κ1) is 12.9. The Morgan fingerprint density at radius 3 is 3.06 bits per heavy atom. The summed E-state index contributed by atoms with van der Waals surface area (Å²) in [7, 11) is 0. The van der Waals surface area contributed by atoms with Gasteiger partial charge in [0.25, 0.3) is 0 Å². The monoisotopic (exact) mass is 272 g/mol. The van der Waals surface area contributed by atoms with E-state index in [4.69, 9.17) is 11.6 Å². The van der Waals surface area contributed by atoms with Crippen LogP contribution < -0.4 is 5.32 Å². The maximum absolute atomic E-state index is 11.5. The van der Waals surface area contributed by atoms with Crippen molar-refractivity contribution in [3.8, 4) is 0 Å². The van der Waals surface area contributed by atoms with Crippen LogP contribution in [0, 0.1) is 0 Å². The molecule has 0 radical (unpaired) electrons. The second-order valence-corrected chi connectivity index (χ2v) is 5.89. The first-order valence-corrected chi connectivity index (χ1v) is 7.15. The minimum atomic E-state index is 0.290. The van der Waals surface area contributed by atoms with Gasteiger partial charge in [-0.05, 0) is 19.4 Å². The predicted molar refractivity (Wildman–Crippen MR) is 71.4 cm³/mol. The maximum atomic E-state index is 11.5. The number of nitrogens with zero attached hydrogens (tertiary/aromatic N) is 1. The Labute approximate surface area is 111 Å². The standard InChI is InChI=1S/C12H17ClN2OS/c1-9(7-15-4-2-3-12(15)16)14-6-11-5-10(13)8-17-11/h5,8-9,14H,2-4,6-7H2,1H3. The largest absolute Gasteiger partial charge is 0.341 e. The molecule has 17 heavy (non-hydrogen) atoms. The van der Waals surface area contributed by atoms with E-state index >= 15 is 0 Å². The van der Waals surface area contributed by atoms with Crippen LogP contribution in [-0.4, -0.2) is 29.9 Å². The third-order valence-electron chi connectivity index (χ3n) is 2.91. The van der Waals surface area contributed by atoms with Crippen LogP contribution in [0.4, 0.5) is 0 Å². The SMILES string of the molecule is CC(CN1CCCC1=O)NCc1cc(Cl)cs1. The van der Waals surface area contributed by atoms with Crippen molar-refractivity contribution < 1.29 is 4.79 Å². The van der Waals surface area contributed by atoms with Gasteiger partial charge >= 0.3 is 0 Å². The number of halogens is 1. The van der Waals surface area contributed by atoms with Crippen LogP contribution in [0.2, 0.25) is 5.02 Å². The van der Waals surface area contributed by atoms with E-state index in [1.54, 1.807) is 11.3 Å². The molecular formula is C12H17ClN2OS. The first-order valence-electron chi connectivity index (χ1n) is 5.89. The Balaban J connectivity index is 1.73. The highest BCUT2D eigenvalue weighted by atomic mass is 35.5. The number of hydrogen-bond acceptors (Lipinski definition) is 3. The Morgan fingerprint density at radius 1 is 1.65 bits per heavy atom. The van der Waals surface area contributed by atoms with Crippen molar-refractivity contribution >= 4 is 28.8 Å². The van der Waals surface area contributed by atoms with Crippen molar-refractivity contribution in [2.45, 2.75) is 32.4 Å². The molecule has 0 saturated carbocycles. The smallest absolute Gasteiger partial charge is 0.222 e. The van der Waals surface area contributed by atoms with E-state index < -0.39 is 0 Å². The van der Waals surface area contributed by atoms with Gasteiger partial charge in [0.05, 0.1) is 5.02 Å². The number of amides is 1. The zero-order valence-electron chi connectivity index (χ0n) is 9.91. The van der Waals surface area contributed by atoms with E-state index in [0.717, 1.165) is 31.1 Å². The third-order valence-corrected chi connectivity index (χ3v) is 4.20. The summed E-state index contributed by atoms with van der Waals surface area (Å²) in [4.78, 5) is 14.6. The predicted octanol–water partition coefficient (Wildman–Crippen LogP) is 2.50. The molecule has 1 fully saturated rings. The molecule has 1 aliphatic rings. The second-order valence-electron chi connectivity index (χ2n) is 4.46. The average Bonchev–Trinajstić information content (AvgIpc) is 2.86. The molecule has 1 saturated heterocycles. The molecule has 5 heteroatoms. The van der Waals surface area contributed by atoms with Crippen LogP contribution in [0.5, 0.6) is 0 Å². The minimum Gasteiger partial charge on any atom is -0.341 e.